The Balaban J connectivity index is 1.89. The number of alkyl halides is 3. The maximum atomic E-state index is 12.7. The van der Waals surface area contributed by atoms with Crippen molar-refractivity contribution in [1.82, 2.24) is 4.57 Å². The number of ether oxygens (including phenoxy) is 2. The normalized spacial score (nSPS) is 16.8. The van der Waals surface area contributed by atoms with Gasteiger partial charge in [-0.2, -0.15) is 13.2 Å². The summed E-state index contributed by atoms with van der Waals surface area (Å²) in [5, 5.41) is 0. The molecule has 0 amide bonds. The number of hydrogen-bond acceptors (Lipinski definition) is 2. The van der Waals surface area contributed by atoms with Crippen molar-refractivity contribution in [2.24, 2.45) is 0 Å². The highest BCUT2D eigenvalue weighted by atomic mass is 19.4. The molecule has 6 heteroatoms. The van der Waals surface area contributed by atoms with Gasteiger partial charge in [0, 0.05) is 23.6 Å². The summed E-state index contributed by atoms with van der Waals surface area (Å²) in [5.41, 5.74) is 0.572. The second-order valence-electron chi connectivity index (χ2n) is 4.47. The molecule has 106 valence electrons. The minimum absolute atomic E-state index is 0.429. The van der Waals surface area contributed by atoms with Gasteiger partial charge in [-0.1, -0.05) is 6.07 Å². The van der Waals surface area contributed by atoms with Crippen LogP contribution in [0.25, 0.3) is 5.69 Å². The molecule has 0 saturated carbocycles. The van der Waals surface area contributed by atoms with Crippen LogP contribution in [0.2, 0.25) is 0 Å². The first-order valence-corrected chi connectivity index (χ1v) is 6.13. The maximum Gasteiger partial charge on any atom is 0.416 e. The van der Waals surface area contributed by atoms with Crippen LogP contribution in [0.4, 0.5) is 13.2 Å². The zero-order chi connectivity index (χ0) is 14.2. The summed E-state index contributed by atoms with van der Waals surface area (Å²) in [4.78, 5) is 0. The van der Waals surface area contributed by atoms with Crippen molar-refractivity contribution >= 4 is 0 Å². The van der Waals surface area contributed by atoms with Gasteiger partial charge in [0.05, 0.1) is 18.8 Å². The molecule has 1 aromatic carbocycles. The first-order chi connectivity index (χ1) is 9.54. The van der Waals surface area contributed by atoms with Gasteiger partial charge in [0.15, 0.2) is 6.29 Å². The average molecular weight is 283 g/mol. The highest BCUT2D eigenvalue weighted by Gasteiger charge is 2.30. The van der Waals surface area contributed by atoms with Crippen molar-refractivity contribution in [3.8, 4) is 5.69 Å². The lowest BCUT2D eigenvalue weighted by Gasteiger charge is -2.10. The van der Waals surface area contributed by atoms with Gasteiger partial charge in [-0.25, -0.2) is 0 Å². The van der Waals surface area contributed by atoms with E-state index in [0.29, 0.717) is 18.9 Å². The lowest BCUT2D eigenvalue weighted by Crippen LogP contribution is -2.05. The van der Waals surface area contributed by atoms with E-state index < -0.39 is 18.0 Å². The van der Waals surface area contributed by atoms with Gasteiger partial charge in [0.25, 0.3) is 0 Å². The minimum Gasteiger partial charge on any atom is -0.346 e. The molecule has 2 heterocycles. The zero-order valence-electron chi connectivity index (χ0n) is 10.4. The third-order valence-electron chi connectivity index (χ3n) is 3.08. The molecular weight excluding hydrogens is 271 g/mol. The van der Waals surface area contributed by atoms with Crippen molar-refractivity contribution in [3.63, 3.8) is 0 Å². The van der Waals surface area contributed by atoms with Gasteiger partial charge >= 0.3 is 6.18 Å². The van der Waals surface area contributed by atoms with E-state index in [4.69, 9.17) is 9.47 Å². The Labute approximate surface area is 113 Å². The maximum absolute atomic E-state index is 12.7. The fourth-order valence-electron chi connectivity index (χ4n) is 2.11. The standard InChI is InChI=1S/C14H12F3NO2/c15-14(16,17)11-2-1-3-12(8-11)18-5-4-10(9-18)13-19-6-7-20-13/h1-5,8-9,13H,6-7H2. The predicted molar refractivity (Wildman–Crippen MR) is 65.4 cm³/mol. The summed E-state index contributed by atoms with van der Waals surface area (Å²) in [5.74, 6) is 0. The van der Waals surface area contributed by atoms with E-state index in [-0.39, 0.29) is 0 Å². The lowest BCUT2D eigenvalue weighted by molar-refractivity contribution is -0.137. The fourth-order valence-corrected chi connectivity index (χ4v) is 2.11. The number of nitrogens with zero attached hydrogens (tertiary/aromatic N) is 1. The monoisotopic (exact) mass is 283 g/mol. The van der Waals surface area contributed by atoms with Crippen LogP contribution in [0.5, 0.6) is 0 Å². The molecule has 1 fully saturated rings. The number of benzene rings is 1. The van der Waals surface area contributed by atoms with E-state index in [1.165, 1.54) is 6.07 Å². The Kier molecular flexibility index (Phi) is 3.27. The fraction of sp³-hybridized carbons (Fsp3) is 0.286. The Bertz CT molecular complexity index is 600. The summed E-state index contributed by atoms with van der Waals surface area (Å²) in [6, 6.07) is 6.95. The summed E-state index contributed by atoms with van der Waals surface area (Å²) >= 11 is 0. The van der Waals surface area contributed by atoms with Crippen LogP contribution in [0.15, 0.2) is 42.7 Å². The van der Waals surface area contributed by atoms with E-state index >= 15 is 0 Å². The largest absolute Gasteiger partial charge is 0.416 e. The Morgan fingerprint density at radius 3 is 2.55 bits per heavy atom. The second-order valence-corrected chi connectivity index (χ2v) is 4.47. The smallest absolute Gasteiger partial charge is 0.346 e. The average Bonchev–Trinajstić information content (AvgIpc) is 3.09. The van der Waals surface area contributed by atoms with Crippen molar-refractivity contribution < 1.29 is 22.6 Å². The van der Waals surface area contributed by atoms with Gasteiger partial charge in [-0.15, -0.1) is 0 Å². The molecule has 1 aliphatic rings. The molecule has 0 N–H and O–H groups in total. The molecule has 0 spiro atoms. The third-order valence-corrected chi connectivity index (χ3v) is 3.08. The molecular formula is C14H12F3NO2. The molecule has 1 aromatic heterocycles. The molecule has 0 unspecified atom stereocenters. The molecule has 1 aliphatic heterocycles. The molecule has 0 atom stereocenters. The van der Waals surface area contributed by atoms with Gasteiger partial charge in [-0.3, -0.25) is 0 Å². The van der Waals surface area contributed by atoms with Crippen LogP contribution in [-0.4, -0.2) is 17.8 Å². The highest BCUT2D eigenvalue weighted by Crippen LogP contribution is 2.31. The van der Waals surface area contributed by atoms with Crippen LogP contribution in [-0.2, 0) is 15.7 Å². The first kappa shape index (κ1) is 13.2. The number of halogens is 3. The molecule has 3 nitrogen and oxygen atoms in total. The molecule has 0 bridgehead atoms. The predicted octanol–water partition coefficient (Wildman–Crippen LogP) is 3.54. The van der Waals surface area contributed by atoms with Gasteiger partial charge in [-0.05, 0) is 24.3 Å². The number of hydrogen-bond donors (Lipinski definition) is 0. The van der Waals surface area contributed by atoms with Gasteiger partial charge < -0.3 is 14.0 Å². The SMILES string of the molecule is FC(F)(F)c1cccc(-n2ccc(C3OCCO3)c2)c1. The topological polar surface area (TPSA) is 23.4 Å². The van der Waals surface area contributed by atoms with Crippen LogP contribution in [0, 0.1) is 0 Å². The number of rotatable bonds is 2. The first-order valence-electron chi connectivity index (χ1n) is 6.13. The second kappa shape index (κ2) is 4.96. The van der Waals surface area contributed by atoms with Crippen molar-refractivity contribution in [2.75, 3.05) is 13.2 Å². The van der Waals surface area contributed by atoms with E-state index in [9.17, 15) is 13.2 Å². The quantitative estimate of drug-likeness (QED) is 0.841. The van der Waals surface area contributed by atoms with Gasteiger partial charge in [0.1, 0.15) is 0 Å². The Hall–Kier alpha value is -1.79. The lowest BCUT2D eigenvalue weighted by atomic mass is 10.2. The summed E-state index contributed by atoms with van der Waals surface area (Å²) in [6.07, 6.45) is -1.37. The van der Waals surface area contributed by atoms with E-state index in [0.717, 1.165) is 17.7 Å². The molecule has 2 aromatic rings. The summed E-state index contributed by atoms with van der Waals surface area (Å²) < 4.78 is 50.4. The number of aromatic nitrogens is 1. The molecule has 1 saturated heterocycles. The van der Waals surface area contributed by atoms with Crippen LogP contribution in [0.3, 0.4) is 0 Å². The minimum atomic E-state index is -4.34. The van der Waals surface area contributed by atoms with E-state index in [1.54, 1.807) is 29.1 Å². The molecule has 3 rings (SSSR count). The van der Waals surface area contributed by atoms with Crippen LogP contribution < -0.4 is 0 Å². The summed E-state index contributed by atoms with van der Waals surface area (Å²) in [7, 11) is 0. The highest BCUT2D eigenvalue weighted by molar-refractivity contribution is 5.38. The van der Waals surface area contributed by atoms with Crippen molar-refractivity contribution in [1.29, 1.82) is 0 Å². The zero-order valence-corrected chi connectivity index (χ0v) is 10.4. The third kappa shape index (κ3) is 2.57. The summed E-state index contributed by atoms with van der Waals surface area (Å²) in [6.45, 7) is 1.05. The van der Waals surface area contributed by atoms with E-state index in [2.05, 4.69) is 0 Å². The molecule has 20 heavy (non-hydrogen) atoms. The van der Waals surface area contributed by atoms with Crippen LogP contribution in [0.1, 0.15) is 17.4 Å². The van der Waals surface area contributed by atoms with Gasteiger partial charge in [0.2, 0.25) is 0 Å². The molecule has 0 aliphatic carbocycles. The van der Waals surface area contributed by atoms with Crippen molar-refractivity contribution in [3.05, 3.63) is 53.9 Å². The molecule has 0 radical (unpaired) electrons. The van der Waals surface area contributed by atoms with E-state index in [1.807, 2.05) is 0 Å². The Morgan fingerprint density at radius 2 is 1.85 bits per heavy atom. The van der Waals surface area contributed by atoms with Crippen molar-refractivity contribution in [2.45, 2.75) is 12.5 Å². The van der Waals surface area contributed by atoms with Crippen LogP contribution >= 0.6 is 0 Å². The Morgan fingerprint density at radius 1 is 1.10 bits per heavy atom.